The standard InChI is InChI=1S/C18H23NO/c1-14(9-10-18-8-5-11-20-18)19-17-12-16(13-17)15-6-3-2-4-7-15/h2-8,11,14,16-17,19H,9-10,12-13H2,1H3. The van der Waals surface area contributed by atoms with Crippen molar-refractivity contribution < 1.29 is 4.42 Å². The summed E-state index contributed by atoms with van der Waals surface area (Å²) in [4.78, 5) is 0. The van der Waals surface area contributed by atoms with Gasteiger partial charge in [-0.15, -0.1) is 0 Å². The van der Waals surface area contributed by atoms with Gasteiger partial charge in [0.15, 0.2) is 0 Å². The maximum Gasteiger partial charge on any atom is 0.103 e. The van der Waals surface area contributed by atoms with Crippen LogP contribution in [0.3, 0.4) is 0 Å². The minimum Gasteiger partial charge on any atom is -0.469 e. The summed E-state index contributed by atoms with van der Waals surface area (Å²) in [7, 11) is 0. The summed E-state index contributed by atoms with van der Waals surface area (Å²) in [5.41, 5.74) is 1.49. The Morgan fingerprint density at radius 3 is 2.65 bits per heavy atom. The first-order valence-corrected chi connectivity index (χ1v) is 7.64. The molecule has 1 aliphatic rings. The molecule has 1 atom stereocenters. The molecule has 20 heavy (non-hydrogen) atoms. The summed E-state index contributed by atoms with van der Waals surface area (Å²) in [6.07, 6.45) is 6.46. The Labute approximate surface area is 121 Å². The van der Waals surface area contributed by atoms with E-state index in [1.54, 1.807) is 6.26 Å². The molecule has 0 spiro atoms. The number of hydrogen-bond acceptors (Lipinski definition) is 2. The molecular formula is C18H23NO. The van der Waals surface area contributed by atoms with Crippen molar-refractivity contribution in [1.29, 1.82) is 0 Å². The van der Waals surface area contributed by atoms with Crippen molar-refractivity contribution in [3.63, 3.8) is 0 Å². The minimum atomic E-state index is 0.557. The van der Waals surface area contributed by atoms with E-state index < -0.39 is 0 Å². The average Bonchev–Trinajstić information content (AvgIpc) is 2.94. The maximum absolute atomic E-state index is 5.38. The zero-order valence-corrected chi connectivity index (χ0v) is 12.1. The Morgan fingerprint density at radius 1 is 1.15 bits per heavy atom. The Balaban J connectivity index is 1.38. The van der Waals surface area contributed by atoms with Crippen LogP contribution in [0.1, 0.15) is 43.4 Å². The molecule has 2 aromatic rings. The molecule has 0 radical (unpaired) electrons. The number of aryl methyl sites for hydroxylation is 1. The van der Waals surface area contributed by atoms with Crippen LogP contribution in [0.4, 0.5) is 0 Å². The van der Waals surface area contributed by atoms with Gasteiger partial charge in [0.25, 0.3) is 0 Å². The molecular weight excluding hydrogens is 246 g/mol. The summed E-state index contributed by atoms with van der Waals surface area (Å²) >= 11 is 0. The third-order valence-electron chi connectivity index (χ3n) is 4.33. The Kier molecular flexibility index (Phi) is 4.22. The molecule has 1 aromatic heterocycles. The van der Waals surface area contributed by atoms with Crippen molar-refractivity contribution in [2.45, 2.75) is 50.6 Å². The fourth-order valence-corrected chi connectivity index (χ4v) is 3.05. The largest absolute Gasteiger partial charge is 0.469 e. The number of nitrogens with one attached hydrogen (secondary N) is 1. The third kappa shape index (κ3) is 3.31. The fraction of sp³-hybridized carbons (Fsp3) is 0.444. The predicted octanol–water partition coefficient (Wildman–Crippen LogP) is 4.14. The molecule has 1 fully saturated rings. The van der Waals surface area contributed by atoms with E-state index in [9.17, 15) is 0 Å². The first kappa shape index (κ1) is 13.4. The lowest BCUT2D eigenvalue weighted by molar-refractivity contribution is 0.264. The molecule has 1 heterocycles. The first-order valence-electron chi connectivity index (χ1n) is 7.64. The summed E-state index contributed by atoms with van der Waals surface area (Å²) in [6, 6.07) is 16.1. The SMILES string of the molecule is CC(CCc1ccco1)NC1CC(c2ccccc2)C1. The second-order valence-corrected chi connectivity index (χ2v) is 5.96. The quantitative estimate of drug-likeness (QED) is 0.852. The van der Waals surface area contributed by atoms with E-state index in [0.717, 1.165) is 24.5 Å². The highest BCUT2D eigenvalue weighted by Gasteiger charge is 2.30. The monoisotopic (exact) mass is 269 g/mol. The lowest BCUT2D eigenvalue weighted by Gasteiger charge is -2.38. The third-order valence-corrected chi connectivity index (χ3v) is 4.33. The normalized spacial score (nSPS) is 23.2. The van der Waals surface area contributed by atoms with Crippen LogP contribution in [0.5, 0.6) is 0 Å². The highest BCUT2D eigenvalue weighted by Crippen LogP contribution is 2.36. The van der Waals surface area contributed by atoms with Crippen LogP contribution in [0.15, 0.2) is 53.1 Å². The minimum absolute atomic E-state index is 0.557. The molecule has 0 aliphatic heterocycles. The zero-order valence-electron chi connectivity index (χ0n) is 12.1. The molecule has 1 N–H and O–H groups in total. The van der Waals surface area contributed by atoms with E-state index in [1.165, 1.54) is 18.4 Å². The molecule has 1 unspecified atom stereocenters. The topological polar surface area (TPSA) is 25.2 Å². The van der Waals surface area contributed by atoms with E-state index in [-0.39, 0.29) is 0 Å². The summed E-state index contributed by atoms with van der Waals surface area (Å²) < 4.78 is 5.38. The second-order valence-electron chi connectivity index (χ2n) is 5.96. The number of hydrogen-bond donors (Lipinski definition) is 1. The van der Waals surface area contributed by atoms with Gasteiger partial charge in [-0.3, -0.25) is 0 Å². The van der Waals surface area contributed by atoms with Gasteiger partial charge >= 0.3 is 0 Å². The Morgan fingerprint density at radius 2 is 1.95 bits per heavy atom. The van der Waals surface area contributed by atoms with Crippen LogP contribution < -0.4 is 5.32 Å². The van der Waals surface area contributed by atoms with Gasteiger partial charge in [0.1, 0.15) is 5.76 Å². The molecule has 1 saturated carbocycles. The number of benzene rings is 1. The van der Waals surface area contributed by atoms with E-state index in [0.29, 0.717) is 12.1 Å². The van der Waals surface area contributed by atoms with Crippen LogP contribution in [-0.4, -0.2) is 12.1 Å². The Hall–Kier alpha value is -1.54. The molecule has 3 rings (SSSR count). The zero-order chi connectivity index (χ0) is 13.8. The van der Waals surface area contributed by atoms with Gasteiger partial charge in [-0.2, -0.15) is 0 Å². The van der Waals surface area contributed by atoms with Gasteiger partial charge < -0.3 is 9.73 Å². The molecule has 2 nitrogen and oxygen atoms in total. The van der Waals surface area contributed by atoms with Crippen molar-refractivity contribution in [2.75, 3.05) is 0 Å². The van der Waals surface area contributed by atoms with E-state index in [4.69, 9.17) is 4.42 Å². The van der Waals surface area contributed by atoms with Crippen LogP contribution in [0.25, 0.3) is 0 Å². The summed E-state index contributed by atoms with van der Waals surface area (Å²) in [6.45, 7) is 2.28. The van der Waals surface area contributed by atoms with Gasteiger partial charge in [0, 0.05) is 18.5 Å². The molecule has 106 valence electrons. The number of furan rings is 1. The van der Waals surface area contributed by atoms with Crippen molar-refractivity contribution in [2.24, 2.45) is 0 Å². The highest BCUT2D eigenvalue weighted by molar-refractivity contribution is 5.22. The highest BCUT2D eigenvalue weighted by atomic mass is 16.3. The number of rotatable bonds is 6. The molecule has 1 aromatic carbocycles. The Bertz CT molecular complexity index is 499. The van der Waals surface area contributed by atoms with Gasteiger partial charge in [-0.05, 0) is 49.8 Å². The molecule has 1 aliphatic carbocycles. The van der Waals surface area contributed by atoms with E-state index >= 15 is 0 Å². The van der Waals surface area contributed by atoms with Crippen LogP contribution in [-0.2, 0) is 6.42 Å². The van der Waals surface area contributed by atoms with Crippen molar-refractivity contribution in [3.05, 3.63) is 60.1 Å². The fourth-order valence-electron chi connectivity index (χ4n) is 3.05. The summed E-state index contributed by atoms with van der Waals surface area (Å²) in [5, 5.41) is 3.74. The summed E-state index contributed by atoms with van der Waals surface area (Å²) in [5.74, 6) is 1.85. The van der Waals surface area contributed by atoms with Crippen molar-refractivity contribution >= 4 is 0 Å². The molecule has 0 bridgehead atoms. The van der Waals surface area contributed by atoms with Gasteiger partial charge in [0.2, 0.25) is 0 Å². The van der Waals surface area contributed by atoms with Crippen LogP contribution in [0, 0.1) is 0 Å². The second kappa shape index (κ2) is 6.27. The van der Waals surface area contributed by atoms with Crippen molar-refractivity contribution in [1.82, 2.24) is 5.32 Å². The predicted molar refractivity (Wildman–Crippen MR) is 81.8 cm³/mol. The van der Waals surface area contributed by atoms with Gasteiger partial charge in [0.05, 0.1) is 6.26 Å². The van der Waals surface area contributed by atoms with Gasteiger partial charge in [-0.1, -0.05) is 30.3 Å². The lowest BCUT2D eigenvalue weighted by atomic mass is 9.75. The van der Waals surface area contributed by atoms with Crippen molar-refractivity contribution in [3.8, 4) is 0 Å². The molecule has 0 saturated heterocycles. The van der Waals surface area contributed by atoms with Crippen LogP contribution >= 0.6 is 0 Å². The maximum atomic E-state index is 5.38. The van der Waals surface area contributed by atoms with Crippen LogP contribution in [0.2, 0.25) is 0 Å². The average molecular weight is 269 g/mol. The smallest absolute Gasteiger partial charge is 0.103 e. The van der Waals surface area contributed by atoms with Gasteiger partial charge in [-0.25, -0.2) is 0 Å². The first-order chi connectivity index (χ1) is 9.81. The van der Waals surface area contributed by atoms with E-state index in [1.807, 2.05) is 6.07 Å². The molecule has 2 heteroatoms. The molecule has 0 amide bonds. The lowest BCUT2D eigenvalue weighted by Crippen LogP contribution is -2.44. The van der Waals surface area contributed by atoms with E-state index in [2.05, 4.69) is 48.6 Å².